The number of nitrogens with zero attached hydrogens (tertiary/aromatic N) is 3. The maximum absolute atomic E-state index is 4.50. The van der Waals surface area contributed by atoms with Crippen molar-refractivity contribution in [3.8, 4) is 0 Å². The predicted molar refractivity (Wildman–Crippen MR) is 66.7 cm³/mol. The summed E-state index contributed by atoms with van der Waals surface area (Å²) in [6.07, 6.45) is 4.95. The van der Waals surface area contributed by atoms with Crippen molar-refractivity contribution >= 4 is 5.52 Å². The first-order chi connectivity index (χ1) is 7.50. The number of imidazole rings is 1. The lowest BCUT2D eigenvalue weighted by molar-refractivity contribution is 0.191. The zero-order valence-corrected chi connectivity index (χ0v) is 10.4. The number of rotatable bonds is 3. The summed E-state index contributed by atoms with van der Waals surface area (Å²) in [6.45, 7) is 4.47. The lowest BCUT2D eigenvalue weighted by atomic mass is 9.99. The van der Waals surface area contributed by atoms with E-state index in [9.17, 15) is 0 Å². The summed E-state index contributed by atoms with van der Waals surface area (Å²) in [6, 6.07) is 6.16. The maximum Gasteiger partial charge on any atom is 0.115 e. The van der Waals surface area contributed by atoms with Crippen LogP contribution in [0.3, 0.4) is 0 Å². The minimum atomic E-state index is 0.122. The second kappa shape index (κ2) is 3.91. The molecule has 2 aromatic heterocycles. The molecular formula is C13H19N3. The smallest absolute Gasteiger partial charge is 0.115 e. The van der Waals surface area contributed by atoms with Crippen LogP contribution >= 0.6 is 0 Å². The summed E-state index contributed by atoms with van der Waals surface area (Å²) >= 11 is 0. The van der Waals surface area contributed by atoms with E-state index in [0.717, 1.165) is 17.8 Å². The Hall–Kier alpha value is -1.35. The molecule has 2 rings (SSSR count). The van der Waals surface area contributed by atoms with Gasteiger partial charge in [-0.05, 0) is 40.1 Å². The van der Waals surface area contributed by atoms with Gasteiger partial charge in [0.2, 0.25) is 0 Å². The van der Waals surface area contributed by atoms with Gasteiger partial charge in [0.15, 0.2) is 0 Å². The molecule has 0 aliphatic rings. The van der Waals surface area contributed by atoms with E-state index in [0.29, 0.717) is 0 Å². The Morgan fingerprint density at radius 2 is 2.06 bits per heavy atom. The van der Waals surface area contributed by atoms with E-state index >= 15 is 0 Å². The van der Waals surface area contributed by atoms with E-state index in [1.54, 1.807) is 0 Å². The number of hydrogen-bond acceptors (Lipinski definition) is 2. The van der Waals surface area contributed by atoms with Crippen molar-refractivity contribution in [3.05, 3.63) is 36.4 Å². The zero-order valence-electron chi connectivity index (χ0n) is 10.4. The predicted octanol–water partition coefficient (Wildman–Crippen LogP) is 2.22. The Morgan fingerprint density at radius 3 is 2.75 bits per heavy atom. The molecule has 0 unspecified atom stereocenters. The molecule has 0 N–H and O–H groups in total. The highest BCUT2D eigenvalue weighted by molar-refractivity contribution is 5.45. The van der Waals surface area contributed by atoms with Crippen LogP contribution in [0.2, 0.25) is 0 Å². The highest BCUT2D eigenvalue weighted by Crippen LogP contribution is 2.17. The molecule has 0 aliphatic heterocycles. The molecule has 0 saturated heterocycles. The summed E-state index contributed by atoms with van der Waals surface area (Å²) in [5.41, 5.74) is 1.28. The molecule has 2 heterocycles. The quantitative estimate of drug-likeness (QED) is 0.786. The van der Waals surface area contributed by atoms with Crippen molar-refractivity contribution in [2.24, 2.45) is 0 Å². The first-order valence-electron chi connectivity index (χ1n) is 5.59. The number of hydrogen-bond donors (Lipinski definition) is 0. The second-order valence-electron chi connectivity index (χ2n) is 5.05. The third-order valence-corrected chi connectivity index (χ3v) is 3.32. The summed E-state index contributed by atoms with van der Waals surface area (Å²) in [4.78, 5) is 6.73. The molecule has 0 aliphatic carbocycles. The van der Waals surface area contributed by atoms with Crippen LogP contribution in [0.25, 0.3) is 5.52 Å². The molecule has 0 atom stereocenters. The lowest BCUT2D eigenvalue weighted by Gasteiger charge is -2.31. The van der Waals surface area contributed by atoms with E-state index in [1.165, 1.54) is 0 Å². The van der Waals surface area contributed by atoms with Crippen LogP contribution in [0.4, 0.5) is 0 Å². The van der Waals surface area contributed by atoms with Gasteiger partial charge in [-0.25, -0.2) is 4.98 Å². The van der Waals surface area contributed by atoms with Crippen molar-refractivity contribution in [2.75, 3.05) is 14.1 Å². The van der Waals surface area contributed by atoms with Crippen LogP contribution in [0.1, 0.15) is 19.7 Å². The van der Waals surface area contributed by atoms with Gasteiger partial charge in [0, 0.05) is 18.2 Å². The third kappa shape index (κ3) is 1.95. The number of aromatic nitrogens is 2. The van der Waals surface area contributed by atoms with E-state index < -0.39 is 0 Å². The molecule has 0 saturated carbocycles. The third-order valence-electron chi connectivity index (χ3n) is 3.32. The molecule has 3 nitrogen and oxygen atoms in total. The Kier molecular flexibility index (Phi) is 2.72. The van der Waals surface area contributed by atoms with Gasteiger partial charge < -0.3 is 9.30 Å². The van der Waals surface area contributed by atoms with E-state index in [-0.39, 0.29) is 5.54 Å². The van der Waals surface area contributed by atoms with Crippen molar-refractivity contribution in [1.82, 2.24) is 14.3 Å². The number of fused-ring (bicyclic) bond motifs is 1. The van der Waals surface area contributed by atoms with Crippen LogP contribution in [0.5, 0.6) is 0 Å². The molecule has 86 valence electrons. The normalized spacial score (nSPS) is 12.6. The van der Waals surface area contributed by atoms with Crippen LogP contribution < -0.4 is 0 Å². The summed E-state index contributed by atoms with van der Waals surface area (Å²) in [5, 5.41) is 0. The average Bonchev–Trinajstić information content (AvgIpc) is 2.61. The molecule has 0 radical (unpaired) electrons. The largest absolute Gasteiger partial charge is 0.304 e. The van der Waals surface area contributed by atoms with Crippen molar-refractivity contribution < 1.29 is 0 Å². The minimum Gasteiger partial charge on any atom is -0.304 e. The SMILES string of the molecule is CN(C)C(C)(C)Cc1ncc2ccccn12. The molecule has 16 heavy (non-hydrogen) atoms. The topological polar surface area (TPSA) is 20.5 Å². The fraction of sp³-hybridized carbons (Fsp3) is 0.462. The standard InChI is InChI=1S/C13H19N3/c1-13(2,15(3)4)9-12-14-10-11-7-5-6-8-16(11)12/h5-8,10H,9H2,1-4H3. The Morgan fingerprint density at radius 1 is 1.31 bits per heavy atom. The van der Waals surface area contributed by atoms with Gasteiger partial charge in [-0.2, -0.15) is 0 Å². The highest BCUT2D eigenvalue weighted by atomic mass is 15.1. The minimum absolute atomic E-state index is 0.122. The van der Waals surface area contributed by atoms with Crippen LogP contribution in [-0.4, -0.2) is 33.9 Å². The molecule has 2 aromatic rings. The van der Waals surface area contributed by atoms with Crippen molar-refractivity contribution in [3.63, 3.8) is 0 Å². The fourth-order valence-electron chi connectivity index (χ4n) is 1.68. The summed E-state index contributed by atoms with van der Waals surface area (Å²) < 4.78 is 2.16. The zero-order chi connectivity index (χ0) is 11.8. The molecule has 0 bridgehead atoms. The van der Waals surface area contributed by atoms with E-state index in [4.69, 9.17) is 0 Å². The molecule has 0 spiro atoms. The Bertz CT molecular complexity index is 483. The molecule has 0 fully saturated rings. The lowest BCUT2D eigenvalue weighted by Crippen LogP contribution is -2.40. The first kappa shape index (κ1) is 11.1. The van der Waals surface area contributed by atoms with Gasteiger partial charge in [0.25, 0.3) is 0 Å². The van der Waals surface area contributed by atoms with Crippen molar-refractivity contribution in [2.45, 2.75) is 25.8 Å². The van der Waals surface area contributed by atoms with Gasteiger partial charge in [0.1, 0.15) is 5.82 Å². The first-order valence-corrected chi connectivity index (χ1v) is 5.59. The fourth-order valence-corrected chi connectivity index (χ4v) is 1.68. The monoisotopic (exact) mass is 217 g/mol. The summed E-state index contributed by atoms with van der Waals surface area (Å²) in [7, 11) is 4.21. The second-order valence-corrected chi connectivity index (χ2v) is 5.05. The van der Waals surface area contributed by atoms with Gasteiger partial charge in [-0.3, -0.25) is 0 Å². The Balaban J connectivity index is 2.35. The van der Waals surface area contributed by atoms with Crippen LogP contribution in [0.15, 0.2) is 30.6 Å². The molecule has 3 heteroatoms. The molecule has 0 amide bonds. The van der Waals surface area contributed by atoms with Crippen LogP contribution in [0, 0.1) is 0 Å². The number of likely N-dealkylation sites (N-methyl/N-ethyl adjacent to an activating group) is 1. The molecular weight excluding hydrogens is 198 g/mol. The van der Waals surface area contributed by atoms with Gasteiger partial charge in [-0.1, -0.05) is 6.07 Å². The summed E-state index contributed by atoms with van der Waals surface area (Å²) in [5.74, 6) is 1.12. The van der Waals surface area contributed by atoms with Crippen molar-refractivity contribution in [1.29, 1.82) is 0 Å². The van der Waals surface area contributed by atoms with Gasteiger partial charge in [-0.15, -0.1) is 0 Å². The maximum atomic E-state index is 4.50. The average molecular weight is 217 g/mol. The van der Waals surface area contributed by atoms with Gasteiger partial charge in [0.05, 0.1) is 11.7 Å². The Labute approximate surface area is 96.7 Å². The van der Waals surface area contributed by atoms with Gasteiger partial charge >= 0.3 is 0 Å². The highest BCUT2D eigenvalue weighted by Gasteiger charge is 2.22. The molecule has 0 aromatic carbocycles. The van der Waals surface area contributed by atoms with E-state index in [2.05, 4.69) is 54.5 Å². The van der Waals surface area contributed by atoms with Crippen LogP contribution in [-0.2, 0) is 6.42 Å². The number of pyridine rings is 1. The van der Waals surface area contributed by atoms with E-state index in [1.807, 2.05) is 18.3 Å².